The molecule has 5 nitrogen and oxygen atoms in total. The average Bonchev–Trinajstić information content (AvgIpc) is 2.46. The summed E-state index contributed by atoms with van der Waals surface area (Å²) < 4.78 is 10.8. The maximum Gasteiger partial charge on any atom is 0.224 e. The van der Waals surface area contributed by atoms with Crippen LogP contribution in [0.4, 0.5) is 5.69 Å². The van der Waals surface area contributed by atoms with Crippen molar-refractivity contribution in [2.24, 2.45) is 11.8 Å². The van der Waals surface area contributed by atoms with Crippen LogP contribution in [-0.2, 0) is 16.0 Å². The summed E-state index contributed by atoms with van der Waals surface area (Å²) in [5.41, 5.74) is 1.32. The highest BCUT2D eigenvalue weighted by molar-refractivity contribution is 5.93. The molecule has 1 N–H and O–H groups in total. The monoisotopic (exact) mass is 335 g/mol. The number of nitrogens with one attached hydrogen (secondary N) is 1. The molecule has 0 aliphatic rings. The summed E-state index contributed by atoms with van der Waals surface area (Å²) in [6.45, 7) is 8.01. The van der Waals surface area contributed by atoms with Gasteiger partial charge >= 0.3 is 0 Å². The quantitative estimate of drug-likeness (QED) is 0.744. The molecule has 0 heterocycles. The van der Waals surface area contributed by atoms with Crippen LogP contribution < -0.4 is 14.8 Å². The van der Waals surface area contributed by atoms with E-state index in [1.54, 1.807) is 26.4 Å². The smallest absolute Gasteiger partial charge is 0.224 e. The number of amides is 1. The Kier molecular flexibility index (Phi) is 7.75. The first-order chi connectivity index (χ1) is 11.3. The molecule has 0 aromatic heterocycles. The molecule has 1 amide bonds. The molecule has 0 fully saturated rings. The molecular formula is C19H29NO4. The SMILES string of the molecule is COc1cc(NC(=O)CC(C)C)c(OC)cc1CC(=O)CC(C)C. The van der Waals surface area contributed by atoms with Crippen molar-refractivity contribution in [2.45, 2.75) is 47.0 Å². The number of Topliss-reactive ketones (excluding diaryl/α,β-unsaturated/α-hetero) is 1. The Morgan fingerprint density at radius 3 is 2.04 bits per heavy atom. The minimum atomic E-state index is -0.0750. The highest BCUT2D eigenvalue weighted by atomic mass is 16.5. The number of hydrogen-bond acceptors (Lipinski definition) is 4. The first-order valence-corrected chi connectivity index (χ1v) is 8.33. The molecule has 0 saturated carbocycles. The first kappa shape index (κ1) is 20.0. The summed E-state index contributed by atoms with van der Waals surface area (Å²) in [4.78, 5) is 24.1. The van der Waals surface area contributed by atoms with Crippen molar-refractivity contribution in [3.05, 3.63) is 17.7 Å². The van der Waals surface area contributed by atoms with Crippen molar-refractivity contribution >= 4 is 17.4 Å². The molecule has 0 aliphatic heterocycles. The summed E-state index contributed by atoms with van der Waals surface area (Å²) in [5.74, 6) is 1.77. The fourth-order valence-corrected chi connectivity index (χ4v) is 2.51. The third-order valence-electron chi connectivity index (χ3n) is 3.49. The van der Waals surface area contributed by atoms with E-state index in [2.05, 4.69) is 5.32 Å². The van der Waals surface area contributed by atoms with E-state index in [1.165, 1.54) is 0 Å². The molecule has 0 unspecified atom stereocenters. The van der Waals surface area contributed by atoms with Gasteiger partial charge in [-0.05, 0) is 17.9 Å². The van der Waals surface area contributed by atoms with Gasteiger partial charge in [0.25, 0.3) is 0 Å². The molecule has 0 saturated heterocycles. The molecule has 0 radical (unpaired) electrons. The summed E-state index contributed by atoms with van der Waals surface area (Å²) in [7, 11) is 3.09. The minimum Gasteiger partial charge on any atom is -0.496 e. The van der Waals surface area contributed by atoms with Gasteiger partial charge in [-0.25, -0.2) is 0 Å². The largest absolute Gasteiger partial charge is 0.496 e. The maximum absolute atomic E-state index is 12.1. The zero-order chi connectivity index (χ0) is 18.3. The molecule has 0 spiro atoms. The molecule has 1 aromatic carbocycles. The van der Waals surface area contributed by atoms with Crippen LogP contribution in [0.5, 0.6) is 11.5 Å². The van der Waals surface area contributed by atoms with Crippen LogP contribution >= 0.6 is 0 Å². The second-order valence-electron chi connectivity index (χ2n) is 6.82. The van der Waals surface area contributed by atoms with Crippen molar-refractivity contribution in [3.8, 4) is 11.5 Å². The highest BCUT2D eigenvalue weighted by Crippen LogP contribution is 2.33. The number of methoxy groups -OCH3 is 2. The lowest BCUT2D eigenvalue weighted by atomic mass is 10.00. The zero-order valence-electron chi connectivity index (χ0n) is 15.6. The van der Waals surface area contributed by atoms with Gasteiger partial charge < -0.3 is 14.8 Å². The Morgan fingerprint density at radius 1 is 0.958 bits per heavy atom. The predicted octanol–water partition coefficient (Wildman–Crippen LogP) is 3.85. The Morgan fingerprint density at radius 2 is 1.54 bits per heavy atom. The van der Waals surface area contributed by atoms with E-state index in [9.17, 15) is 9.59 Å². The third kappa shape index (κ3) is 6.22. The number of ketones is 1. The normalized spacial score (nSPS) is 10.8. The third-order valence-corrected chi connectivity index (χ3v) is 3.49. The van der Waals surface area contributed by atoms with Gasteiger partial charge in [0.05, 0.1) is 19.9 Å². The molecular weight excluding hydrogens is 306 g/mol. The number of benzene rings is 1. The maximum atomic E-state index is 12.1. The van der Waals surface area contributed by atoms with Gasteiger partial charge in [-0.3, -0.25) is 9.59 Å². The predicted molar refractivity (Wildman–Crippen MR) is 95.8 cm³/mol. The van der Waals surface area contributed by atoms with Crippen LogP contribution in [0.1, 0.15) is 46.1 Å². The van der Waals surface area contributed by atoms with E-state index in [1.807, 2.05) is 27.7 Å². The van der Waals surface area contributed by atoms with Crippen LogP contribution in [-0.4, -0.2) is 25.9 Å². The fourth-order valence-electron chi connectivity index (χ4n) is 2.51. The number of anilines is 1. The van der Waals surface area contributed by atoms with Gasteiger partial charge in [0.2, 0.25) is 5.91 Å². The van der Waals surface area contributed by atoms with E-state index in [4.69, 9.17) is 9.47 Å². The molecule has 1 rings (SSSR count). The van der Waals surface area contributed by atoms with Crippen LogP contribution in [0, 0.1) is 11.8 Å². The minimum absolute atomic E-state index is 0.0750. The van der Waals surface area contributed by atoms with Crippen molar-refractivity contribution in [3.63, 3.8) is 0 Å². The summed E-state index contributed by atoms with van der Waals surface area (Å²) in [6, 6.07) is 3.48. The van der Waals surface area contributed by atoms with E-state index in [0.717, 1.165) is 5.56 Å². The van der Waals surface area contributed by atoms with Gasteiger partial charge in [0.1, 0.15) is 17.3 Å². The lowest BCUT2D eigenvalue weighted by Gasteiger charge is -2.16. The molecule has 5 heteroatoms. The molecule has 24 heavy (non-hydrogen) atoms. The number of carbonyl (C=O) groups is 2. The molecule has 134 valence electrons. The van der Waals surface area contributed by atoms with Gasteiger partial charge in [-0.15, -0.1) is 0 Å². The lowest BCUT2D eigenvalue weighted by Crippen LogP contribution is -2.15. The number of hydrogen-bond donors (Lipinski definition) is 1. The van der Waals surface area contributed by atoms with Crippen molar-refractivity contribution in [2.75, 3.05) is 19.5 Å². The van der Waals surface area contributed by atoms with Gasteiger partial charge in [-0.1, -0.05) is 27.7 Å². The second-order valence-corrected chi connectivity index (χ2v) is 6.82. The van der Waals surface area contributed by atoms with Crippen LogP contribution in [0.3, 0.4) is 0 Å². The molecule has 1 aromatic rings. The standard InChI is InChI=1S/C19H29NO4/c1-12(2)7-15(21)9-14-10-18(24-6)16(11-17(14)23-5)20-19(22)8-13(3)4/h10-13H,7-9H2,1-6H3,(H,20,22). The second kappa shape index (κ2) is 9.30. The van der Waals surface area contributed by atoms with Crippen LogP contribution in [0.2, 0.25) is 0 Å². The Balaban J connectivity index is 3.04. The molecule has 0 aliphatic carbocycles. The Hall–Kier alpha value is -2.04. The van der Waals surface area contributed by atoms with Crippen LogP contribution in [0.25, 0.3) is 0 Å². The van der Waals surface area contributed by atoms with Crippen molar-refractivity contribution < 1.29 is 19.1 Å². The Labute approximate surface area is 144 Å². The van der Waals surface area contributed by atoms with Crippen molar-refractivity contribution in [1.29, 1.82) is 0 Å². The van der Waals surface area contributed by atoms with E-state index in [-0.39, 0.29) is 24.0 Å². The summed E-state index contributed by atoms with van der Waals surface area (Å²) in [5, 5.41) is 2.85. The van der Waals surface area contributed by atoms with Crippen LogP contribution in [0.15, 0.2) is 12.1 Å². The van der Waals surface area contributed by atoms with E-state index in [0.29, 0.717) is 35.9 Å². The zero-order valence-corrected chi connectivity index (χ0v) is 15.6. The number of rotatable bonds is 9. The number of carbonyl (C=O) groups excluding carboxylic acids is 2. The van der Waals surface area contributed by atoms with E-state index >= 15 is 0 Å². The molecule has 0 bridgehead atoms. The molecule has 0 atom stereocenters. The van der Waals surface area contributed by atoms with Gasteiger partial charge in [-0.2, -0.15) is 0 Å². The van der Waals surface area contributed by atoms with Gasteiger partial charge in [0.15, 0.2) is 0 Å². The lowest BCUT2D eigenvalue weighted by molar-refractivity contribution is -0.119. The fraction of sp³-hybridized carbons (Fsp3) is 0.579. The number of ether oxygens (including phenoxy) is 2. The van der Waals surface area contributed by atoms with Crippen molar-refractivity contribution in [1.82, 2.24) is 0 Å². The Bertz CT molecular complexity index is 527. The summed E-state index contributed by atoms with van der Waals surface area (Å²) in [6.07, 6.45) is 1.25. The van der Waals surface area contributed by atoms with Gasteiger partial charge in [0, 0.05) is 30.9 Å². The van der Waals surface area contributed by atoms with E-state index < -0.39 is 0 Å². The summed E-state index contributed by atoms with van der Waals surface area (Å²) >= 11 is 0. The highest BCUT2D eigenvalue weighted by Gasteiger charge is 2.16. The topological polar surface area (TPSA) is 64.6 Å². The average molecular weight is 335 g/mol. The first-order valence-electron chi connectivity index (χ1n) is 8.33.